The zero-order valence-corrected chi connectivity index (χ0v) is 8.19. The number of aromatic nitrogens is 2. The van der Waals surface area contributed by atoms with Crippen molar-refractivity contribution in [2.24, 2.45) is 0 Å². The second-order valence-corrected chi connectivity index (χ2v) is 3.02. The molecule has 0 atom stereocenters. The highest BCUT2D eigenvalue weighted by Gasteiger charge is 2.04. The molecule has 0 aliphatic rings. The first-order valence-electron chi connectivity index (χ1n) is 4.41. The molecule has 15 heavy (non-hydrogen) atoms. The Hall–Kier alpha value is -1.88. The minimum atomic E-state index is -0.201. The van der Waals surface area contributed by atoms with Gasteiger partial charge in [0.1, 0.15) is 12.4 Å². The van der Waals surface area contributed by atoms with Crippen LogP contribution in [-0.4, -0.2) is 17.1 Å². The van der Waals surface area contributed by atoms with Gasteiger partial charge in [0.15, 0.2) is 0 Å². The number of aromatic amines is 1. The fourth-order valence-corrected chi connectivity index (χ4v) is 1.27. The van der Waals surface area contributed by atoms with E-state index in [1.807, 2.05) is 0 Å². The molecule has 2 heterocycles. The Balaban J connectivity index is 2.44. The summed E-state index contributed by atoms with van der Waals surface area (Å²) in [4.78, 5) is 18.1. The van der Waals surface area contributed by atoms with Crippen LogP contribution >= 0.6 is 0 Å². The average molecular weight is 206 g/mol. The van der Waals surface area contributed by atoms with Crippen LogP contribution in [0.2, 0.25) is 0 Å². The predicted molar refractivity (Wildman–Crippen MR) is 53.3 cm³/mol. The molecule has 0 bridgehead atoms. The van der Waals surface area contributed by atoms with Crippen molar-refractivity contribution in [3.63, 3.8) is 0 Å². The summed E-state index contributed by atoms with van der Waals surface area (Å²) in [6.07, 6.45) is 3.08. The first kappa shape index (κ1) is 9.67. The minimum Gasteiger partial charge on any atom is -0.472 e. The molecular weight excluding hydrogens is 196 g/mol. The fourth-order valence-electron chi connectivity index (χ4n) is 1.27. The fraction of sp³-hybridized carbons (Fsp3) is 0.200. The number of methoxy groups -OCH3 is 1. The van der Waals surface area contributed by atoms with Crippen LogP contribution in [0.4, 0.5) is 0 Å². The molecule has 0 fully saturated rings. The van der Waals surface area contributed by atoms with E-state index in [1.54, 1.807) is 19.4 Å². The molecule has 5 heteroatoms. The molecule has 0 spiro atoms. The molecule has 2 aromatic heterocycles. The first-order valence-corrected chi connectivity index (χ1v) is 4.41. The van der Waals surface area contributed by atoms with Crippen molar-refractivity contribution in [3.8, 4) is 11.3 Å². The summed E-state index contributed by atoms with van der Waals surface area (Å²) in [5.74, 6) is 0.501. The van der Waals surface area contributed by atoms with Crippen molar-refractivity contribution >= 4 is 0 Å². The van der Waals surface area contributed by atoms with E-state index in [0.29, 0.717) is 11.5 Å². The number of ether oxygens (including phenoxy) is 1. The predicted octanol–water partition coefficient (Wildman–Crippen LogP) is 1.18. The van der Waals surface area contributed by atoms with E-state index in [-0.39, 0.29) is 12.2 Å². The molecule has 78 valence electrons. The monoisotopic (exact) mass is 206 g/mol. The van der Waals surface area contributed by atoms with E-state index in [2.05, 4.69) is 9.97 Å². The third-order valence-corrected chi connectivity index (χ3v) is 1.89. The Morgan fingerprint density at radius 3 is 3.13 bits per heavy atom. The van der Waals surface area contributed by atoms with Crippen molar-refractivity contribution < 1.29 is 9.15 Å². The van der Waals surface area contributed by atoms with Crippen LogP contribution in [-0.2, 0) is 11.3 Å². The maximum atomic E-state index is 11.3. The number of H-pyrrole nitrogens is 1. The number of furan rings is 1. The van der Waals surface area contributed by atoms with Gasteiger partial charge in [0.2, 0.25) is 0 Å². The molecule has 2 aromatic rings. The third kappa shape index (κ3) is 2.13. The van der Waals surface area contributed by atoms with Gasteiger partial charge in [-0.2, -0.15) is 0 Å². The molecule has 5 nitrogen and oxygen atoms in total. The van der Waals surface area contributed by atoms with E-state index in [0.717, 1.165) is 5.56 Å². The summed E-state index contributed by atoms with van der Waals surface area (Å²) in [5.41, 5.74) is 1.16. The lowest BCUT2D eigenvalue weighted by Crippen LogP contribution is -2.11. The smallest absolute Gasteiger partial charge is 0.251 e. The number of nitrogens with one attached hydrogen (secondary N) is 1. The van der Waals surface area contributed by atoms with Gasteiger partial charge in [-0.1, -0.05) is 0 Å². The lowest BCUT2D eigenvalue weighted by molar-refractivity contribution is 0.177. The van der Waals surface area contributed by atoms with E-state index < -0.39 is 0 Å². The van der Waals surface area contributed by atoms with Crippen LogP contribution in [0.5, 0.6) is 0 Å². The molecule has 1 N–H and O–H groups in total. The summed E-state index contributed by atoms with van der Waals surface area (Å²) < 4.78 is 9.82. The van der Waals surface area contributed by atoms with Gasteiger partial charge >= 0.3 is 0 Å². The summed E-state index contributed by atoms with van der Waals surface area (Å²) in [6.45, 7) is 0.279. The van der Waals surface area contributed by atoms with Crippen molar-refractivity contribution in [1.82, 2.24) is 9.97 Å². The SMILES string of the molecule is COCc1nc(-c2ccoc2)cc(=O)[nH]1. The molecule has 0 aliphatic heterocycles. The van der Waals surface area contributed by atoms with Gasteiger partial charge in [0, 0.05) is 18.7 Å². The van der Waals surface area contributed by atoms with Crippen LogP contribution < -0.4 is 5.56 Å². The Kier molecular flexibility index (Phi) is 2.64. The lowest BCUT2D eigenvalue weighted by Gasteiger charge is -2.00. The zero-order chi connectivity index (χ0) is 10.7. The maximum Gasteiger partial charge on any atom is 0.251 e. The number of hydrogen-bond donors (Lipinski definition) is 1. The number of hydrogen-bond acceptors (Lipinski definition) is 4. The zero-order valence-electron chi connectivity index (χ0n) is 8.19. The maximum absolute atomic E-state index is 11.3. The minimum absolute atomic E-state index is 0.201. The summed E-state index contributed by atoms with van der Waals surface area (Å²) in [7, 11) is 1.55. The van der Waals surface area contributed by atoms with Gasteiger partial charge < -0.3 is 14.1 Å². The summed E-state index contributed by atoms with van der Waals surface area (Å²) in [6, 6.07) is 3.17. The largest absolute Gasteiger partial charge is 0.472 e. The standard InChI is InChI=1S/C10H10N2O3/c1-14-6-9-11-8(4-10(13)12-9)7-2-3-15-5-7/h2-5H,6H2,1H3,(H,11,12,13). The molecule has 0 aromatic carbocycles. The Bertz CT molecular complexity index is 488. The van der Waals surface area contributed by atoms with Crippen LogP contribution in [0.3, 0.4) is 0 Å². The second-order valence-electron chi connectivity index (χ2n) is 3.02. The topological polar surface area (TPSA) is 68.1 Å². The Labute approximate surface area is 85.7 Å². The van der Waals surface area contributed by atoms with Crippen molar-refractivity contribution in [3.05, 3.63) is 40.8 Å². The van der Waals surface area contributed by atoms with Gasteiger partial charge in [0.25, 0.3) is 5.56 Å². The average Bonchev–Trinajstić information content (AvgIpc) is 2.70. The van der Waals surface area contributed by atoms with Crippen LogP contribution in [0.25, 0.3) is 11.3 Å². The van der Waals surface area contributed by atoms with Gasteiger partial charge in [-0.25, -0.2) is 4.98 Å². The molecule has 0 amide bonds. The normalized spacial score (nSPS) is 10.5. The molecule has 0 radical (unpaired) electrons. The molecule has 0 saturated carbocycles. The highest BCUT2D eigenvalue weighted by Crippen LogP contribution is 2.15. The van der Waals surface area contributed by atoms with E-state index in [1.165, 1.54) is 12.3 Å². The van der Waals surface area contributed by atoms with Gasteiger partial charge in [-0.05, 0) is 6.07 Å². The quantitative estimate of drug-likeness (QED) is 0.818. The van der Waals surface area contributed by atoms with Crippen LogP contribution in [0, 0.1) is 0 Å². The molecule has 0 aliphatic carbocycles. The summed E-state index contributed by atoms with van der Waals surface area (Å²) in [5, 5.41) is 0. The van der Waals surface area contributed by atoms with Gasteiger partial charge in [-0.15, -0.1) is 0 Å². The molecule has 2 rings (SSSR count). The Morgan fingerprint density at radius 2 is 2.47 bits per heavy atom. The molecule has 0 unspecified atom stereocenters. The van der Waals surface area contributed by atoms with Crippen LogP contribution in [0.1, 0.15) is 5.82 Å². The first-order chi connectivity index (χ1) is 7.29. The van der Waals surface area contributed by atoms with Crippen molar-refractivity contribution in [1.29, 1.82) is 0 Å². The van der Waals surface area contributed by atoms with Crippen molar-refractivity contribution in [2.45, 2.75) is 6.61 Å². The Morgan fingerprint density at radius 1 is 1.60 bits per heavy atom. The van der Waals surface area contributed by atoms with Crippen molar-refractivity contribution in [2.75, 3.05) is 7.11 Å². The molecular formula is C10H10N2O3. The molecule has 0 saturated heterocycles. The van der Waals surface area contributed by atoms with E-state index in [9.17, 15) is 4.79 Å². The van der Waals surface area contributed by atoms with Gasteiger partial charge in [-0.3, -0.25) is 4.79 Å². The van der Waals surface area contributed by atoms with E-state index in [4.69, 9.17) is 9.15 Å². The van der Waals surface area contributed by atoms with E-state index >= 15 is 0 Å². The number of nitrogens with zero attached hydrogens (tertiary/aromatic N) is 1. The third-order valence-electron chi connectivity index (χ3n) is 1.89. The number of rotatable bonds is 3. The second kappa shape index (κ2) is 4.10. The van der Waals surface area contributed by atoms with Crippen LogP contribution in [0.15, 0.2) is 33.9 Å². The highest BCUT2D eigenvalue weighted by atomic mass is 16.5. The summed E-state index contributed by atoms with van der Waals surface area (Å²) >= 11 is 0. The highest BCUT2D eigenvalue weighted by molar-refractivity contribution is 5.56. The lowest BCUT2D eigenvalue weighted by atomic mass is 10.2. The van der Waals surface area contributed by atoms with Gasteiger partial charge in [0.05, 0.1) is 18.2 Å².